The van der Waals surface area contributed by atoms with E-state index in [0.717, 1.165) is 56.3 Å². The van der Waals surface area contributed by atoms with Crippen molar-refractivity contribution in [3.05, 3.63) is 59.4 Å². The molecular weight excluding hydrogens is 329 g/mol. The Morgan fingerprint density at radius 2 is 2.12 bits per heavy atom. The molecule has 2 N–H and O–H groups in total. The number of benzene rings is 2. The molecule has 26 heavy (non-hydrogen) atoms. The Hall–Kier alpha value is -2.24. The molecule has 0 saturated carbocycles. The van der Waals surface area contributed by atoms with E-state index < -0.39 is 0 Å². The predicted octanol–water partition coefficient (Wildman–Crippen LogP) is 2.59. The van der Waals surface area contributed by atoms with Crippen molar-refractivity contribution in [2.45, 2.75) is 25.4 Å². The van der Waals surface area contributed by atoms with Crippen molar-refractivity contribution in [1.82, 2.24) is 15.5 Å². The molecule has 2 aromatic rings. The Morgan fingerprint density at radius 1 is 1.27 bits per heavy atom. The van der Waals surface area contributed by atoms with E-state index in [1.54, 1.807) is 12.1 Å². The van der Waals surface area contributed by atoms with Crippen LogP contribution in [-0.2, 0) is 11.3 Å². The molecule has 4 rings (SSSR count). The Labute approximate surface area is 153 Å². The number of fused-ring (bicyclic) bond motifs is 1. The van der Waals surface area contributed by atoms with E-state index in [0.29, 0.717) is 0 Å². The van der Waals surface area contributed by atoms with Gasteiger partial charge in [-0.25, -0.2) is 4.39 Å². The van der Waals surface area contributed by atoms with Gasteiger partial charge in [0.2, 0.25) is 5.91 Å². The van der Waals surface area contributed by atoms with Crippen molar-refractivity contribution in [2.75, 3.05) is 26.2 Å². The highest BCUT2D eigenvalue weighted by Crippen LogP contribution is 2.20. The summed E-state index contributed by atoms with van der Waals surface area (Å²) in [6, 6.07) is 11.3. The van der Waals surface area contributed by atoms with Gasteiger partial charge in [0, 0.05) is 38.3 Å². The van der Waals surface area contributed by atoms with Crippen LogP contribution in [0.5, 0.6) is 0 Å². The first-order valence-electron chi connectivity index (χ1n) is 9.27. The molecule has 0 unspecified atom stereocenters. The zero-order chi connectivity index (χ0) is 17.9. The van der Waals surface area contributed by atoms with Crippen LogP contribution in [0.1, 0.15) is 18.4 Å². The molecule has 4 nitrogen and oxygen atoms in total. The van der Waals surface area contributed by atoms with E-state index in [-0.39, 0.29) is 17.8 Å². The second kappa shape index (κ2) is 7.56. The van der Waals surface area contributed by atoms with Gasteiger partial charge < -0.3 is 10.6 Å². The maximum Gasteiger partial charge on any atom is 0.244 e. The van der Waals surface area contributed by atoms with Gasteiger partial charge in [-0.05, 0) is 59.5 Å². The van der Waals surface area contributed by atoms with Gasteiger partial charge in [-0.15, -0.1) is 0 Å². The number of hydrogen-bond acceptors (Lipinski definition) is 3. The maximum absolute atomic E-state index is 13.3. The van der Waals surface area contributed by atoms with Crippen molar-refractivity contribution in [3.63, 3.8) is 0 Å². The number of carbonyl (C=O) groups excluding carboxylic acids is 1. The molecule has 2 aromatic carbocycles. The van der Waals surface area contributed by atoms with E-state index in [9.17, 15) is 9.18 Å². The highest BCUT2D eigenvalue weighted by Gasteiger charge is 2.23. The van der Waals surface area contributed by atoms with Gasteiger partial charge in [-0.1, -0.05) is 18.2 Å². The first-order valence-corrected chi connectivity index (χ1v) is 9.27. The molecular formula is C21H24FN3O. The standard InChI is InChI=1S/C21H24FN3O/c22-19-4-3-17-9-16(1-2-18(17)11-19)13-25-8-6-20(14-25)24-21(26)10-15-5-7-23-12-15/h1-4,9-11,20,23H,5-8,12-14H2,(H,24,26)/t20-/m1/s1. The van der Waals surface area contributed by atoms with Crippen LogP contribution in [-0.4, -0.2) is 43.0 Å². The lowest BCUT2D eigenvalue weighted by atomic mass is 10.1. The predicted molar refractivity (Wildman–Crippen MR) is 101 cm³/mol. The van der Waals surface area contributed by atoms with E-state index in [2.05, 4.69) is 27.7 Å². The van der Waals surface area contributed by atoms with Gasteiger partial charge in [-0.3, -0.25) is 9.69 Å². The third-order valence-electron chi connectivity index (χ3n) is 5.20. The number of amides is 1. The highest BCUT2D eigenvalue weighted by molar-refractivity contribution is 5.88. The van der Waals surface area contributed by atoms with Crippen LogP contribution in [0.15, 0.2) is 48.0 Å². The smallest absolute Gasteiger partial charge is 0.244 e. The number of rotatable bonds is 4. The van der Waals surface area contributed by atoms with Crippen molar-refractivity contribution < 1.29 is 9.18 Å². The minimum absolute atomic E-state index is 0.0308. The molecule has 2 aliphatic heterocycles. The SMILES string of the molecule is O=C(C=C1CCNC1)N[C@@H]1CCN(Cc2ccc3cc(F)ccc3c2)C1. The Bertz CT molecular complexity index is 840. The molecule has 2 aliphatic rings. The first kappa shape index (κ1) is 17.2. The molecule has 0 aliphatic carbocycles. The van der Waals surface area contributed by atoms with Crippen LogP contribution in [0.25, 0.3) is 10.8 Å². The number of likely N-dealkylation sites (tertiary alicyclic amines) is 1. The minimum atomic E-state index is -0.202. The van der Waals surface area contributed by atoms with Crippen LogP contribution in [0.2, 0.25) is 0 Å². The van der Waals surface area contributed by atoms with Gasteiger partial charge in [0.25, 0.3) is 0 Å². The van der Waals surface area contributed by atoms with Crippen LogP contribution < -0.4 is 10.6 Å². The Morgan fingerprint density at radius 3 is 2.96 bits per heavy atom. The molecule has 136 valence electrons. The summed E-state index contributed by atoms with van der Waals surface area (Å²) >= 11 is 0. The minimum Gasteiger partial charge on any atom is -0.348 e. The third-order valence-corrected chi connectivity index (χ3v) is 5.20. The maximum atomic E-state index is 13.3. The molecule has 0 aromatic heterocycles. The molecule has 2 fully saturated rings. The van der Waals surface area contributed by atoms with Gasteiger partial charge >= 0.3 is 0 Å². The normalized spacial score (nSPS) is 22.3. The average molecular weight is 353 g/mol. The average Bonchev–Trinajstić information content (AvgIpc) is 3.27. The fourth-order valence-electron chi connectivity index (χ4n) is 3.85. The molecule has 2 saturated heterocycles. The van der Waals surface area contributed by atoms with Crippen LogP contribution in [0.3, 0.4) is 0 Å². The van der Waals surface area contributed by atoms with Crippen molar-refractivity contribution >= 4 is 16.7 Å². The van der Waals surface area contributed by atoms with E-state index in [1.807, 2.05) is 12.1 Å². The van der Waals surface area contributed by atoms with Gasteiger partial charge in [-0.2, -0.15) is 0 Å². The molecule has 0 radical (unpaired) electrons. The lowest BCUT2D eigenvalue weighted by molar-refractivity contribution is -0.117. The van der Waals surface area contributed by atoms with E-state index >= 15 is 0 Å². The number of halogens is 1. The van der Waals surface area contributed by atoms with Crippen LogP contribution in [0, 0.1) is 5.82 Å². The van der Waals surface area contributed by atoms with Gasteiger partial charge in [0.05, 0.1) is 0 Å². The summed E-state index contributed by atoms with van der Waals surface area (Å²) in [6.45, 7) is 4.49. The second-order valence-corrected chi connectivity index (χ2v) is 7.28. The van der Waals surface area contributed by atoms with E-state index in [4.69, 9.17) is 0 Å². The van der Waals surface area contributed by atoms with Crippen LogP contribution in [0.4, 0.5) is 4.39 Å². The quantitative estimate of drug-likeness (QED) is 0.831. The summed E-state index contributed by atoms with van der Waals surface area (Å²) < 4.78 is 13.3. The fourth-order valence-corrected chi connectivity index (χ4v) is 3.85. The topological polar surface area (TPSA) is 44.4 Å². The molecule has 5 heteroatoms. The zero-order valence-corrected chi connectivity index (χ0v) is 14.8. The second-order valence-electron chi connectivity index (χ2n) is 7.28. The molecule has 0 bridgehead atoms. The highest BCUT2D eigenvalue weighted by atomic mass is 19.1. The van der Waals surface area contributed by atoms with Crippen molar-refractivity contribution in [1.29, 1.82) is 0 Å². The number of nitrogens with one attached hydrogen (secondary N) is 2. The number of nitrogens with zero attached hydrogens (tertiary/aromatic N) is 1. The summed E-state index contributed by atoms with van der Waals surface area (Å²) in [5.74, 6) is -0.171. The Balaban J connectivity index is 1.33. The summed E-state index contributed by atoms with van der Waals surface area (Å²) in [5.41, 5.74) is 2.40. The Kier molecular flexibility index (Phi) is 5.00. The fraction of sp³-hybridized carbons (Fsp3) is 0.381. The molecule has 2 heterocycles. The van der Waals surface area contributed by atoms with E-state index in [1.165, 1.54) is 17.2 Å². The monoisotopic (exact) mass is 353 g/mol. The third kappa shape index (κ3) is 4.11. The van der Waals surface area contributed by atoms with Gasteiger partial charge in [0.15, 0.2) is 0 Å². The number of carbonyl (C=O) groups is 1. The van der Waals surface area contributed by atoms with Crippen molar-refractivity contribution in [3.8, 4) is 0 Å². The van der Waals surface area contributed by atoms with Gasteiger partial charge in [0.1, 0.15) is 5.82 Å². The number of hydrogen-bond donors (Lipinski definition) is 2. The van der Waals surface area contributed by atoms with Crippen molar-refractivity contribution in [2.24, 2.45) is 0 Å². The first-order chi connectivity index (χ1) is 12.7. The summed E-state index contributed by atoms with van der Waals surface area (Å²) in [7, 11) is 0. The molecule has 1 atom stereocenters. The molecule has 0 spiro atoms. The molecule has 1 amide bonds. The lowest BCUT2D eigenvalue weighted by Gasteiger charge is -2.17. The largest absolute Gasteiger partial charge is 0.348 e. The summed E-state index contributed by atoms with van der Waals surface area (Å²) in [6.07, 6.45) is 3.70. The summed E-state index contributed by atoms with van der Waals surface area (Å²) in [5, 5.41) is 8.36. The zero-order valence-electron chi connectivity index (χ0n) is 14.8. The lowest BCUT2D eigenvalue weighted by Crippen LogP contribution is -2.36. The summed E-state index contributed by atoms with van der Waals surface area (Å²) in [4.78, 5) is 14.5. The van der Waals surface area contributed by atoms with Crippen LogP contribution >= 0.6 is 0 Å².